The molecule has 0 amide bonds. The van der Waals surface area contributed by atoms with Gasteiger partial charge >= 0.3 is 5.97 Å². The van der Waals surface area contributed by atoms with Crippen LogP contribution in [0.2, 0.25) is 0 Å². The summed E-state index contributed by atoms with van der Waals surface area (Å²) in [5.74, 6) is -8.89. The zero-order chi connectivity index (χ0) is 36.6. The summed E-state index contributed by atoms with van der Waals surface area (Å²) in [7, 11) is 3.56. The number of aromatic hydroxyl groups is 2. The van der Waals surface area contributed by atoms with Crippen molar-refractivity contribution in [1.82, 2.24) is 5.32 Å². The second-order valence-electron chi connectivity index (χ2n) is 12.6. The molecule has 4 aliphatic rings. The number of benzene rings is 2. The van der Waals surface area contributed by atoms with E-state index in [1.807, 2.05) is 0 Å². The minimum atomic E-state index is -2.40. The summed E-state index contributed by atoms with van der Waals surface area (Å²) in [4.78, 5) is 69.1. The van der Waals surface area contributed by atoms with Gasteiger partial charge in [0, 0.05) is 43.4 Å². The van der Waals surface area contributed by atoms with Gasteiger partial charge in [-0.2, -0.15) is 0 Å². The molecule has 0 aromatic heterocycles. The van der Waals surface area contributed by atoms with Crippen LogP contribution in [0.3, 0.4) is 0 Å². The lowest BCUT2D eigenvalue weighted by Gasteiger charge is -2.48. The van der Waals surface area contributed by atoms with E-state index in [1.165, 1.54) is 32.3 Å². The van der Waals surface area contributed by atoms with Crippen molar-refractivity contribution in [1.29, 1.82) is 0 Å². The quantitative estimate of drug-likeness (QED) is 0.206. The number of ketones is 4. The number of Topliss-reactive ketones (excluding diaryl/α,β-unsaturated/α-hetero) is 3. The number of aryl methyl sites for hydroxylation is 1. The largest absolute Gasteiger partial charge is 0.507 e. The summed E-state index contributed by atoms with van der Waals surface area (Å²) >= 11 is 0. The van der Waals surface area contributed by atoms with Crippen molar-refractivity contribution < 1.29 is 63.3 Å². The Balaban J connectivity index is 1.48. The lowest BCUT2D eigenvalue weighted by molar-refractivity contribution is -0.188. The van der Waals surface area contributed by atoms with Crippen molar-refractivity contribution in [2.24, 2.45) is 5.92 Å². The molecule has 0 spiro atoms. The first-order valence-electron chi connectivity index (χ1n) is 15.6. The lowest BCUT2D eigenvalue weighted by Crippen LogP contribution is -2.63. The van der Waals surface area contributed by atoms with Crippen LogP contribution in [0.25, 0.3) is 0 Å². The van der Waals surface area contributed by atoms with Crippen LogP contribution in [0.1, 0.15) is 74.4 Å². The Hall–Kier alpha value is -4.99. The summed E-state index contributed by atoms with van der Waals surface area (Å²) < 4.78 is 21.8. The highest BCUT2D eigenvalue weighted by atomic mass is 16.6. The average molecular weight is 690 g/mol. The van der Waals surface area contributed by atoms with Gasteiger partial charge in [-0.25, -0.2) is 4.79 Å². The zero-order valence-electron chi connectivity index (χ0n) is 27.5. The van der Waals surface area contributed by atoms with Crippen molar-refractivity contribution in [3.8, 4) is 11.5 Å². The number of nitrogens with one attached hydrogen (secondary N) is 1. The minimum absolute atomic E-state index is 0.163. The first-order chi connectivity index (χ1) is 23.7. The predicted octanol–water partition coefficient (Wildman–Crippen LogP) is 1.60. The van der Waals surface area contributed by atoms with E-state index in [-0.39, 0.29) is 34.4 Å². The first kappa shape index (κ1) is 34.9. The van der Waals surface area contributed by atoms with E-state index in [0.29, 0.717) is 0 Å². The normalized spacial score (nSPS) is 30.0. The van der Waals surface area contributed by atoms with Crippen molar-refractivity contribution >= 4 is 29.1 Å². The molecular weight excluding hydrogens is 654 g/mol. The van der Waals surface area contributed by atoms with Gasteiger partial charge in [-0.3, -0.25) is 19.2 Å². The number of fused-ring (bicyclic) bond motifs is 5. The van der Waals surface area contributed by atoms with Crippen molar-refractivity contribution in [2.75, 3.05) is 21.3 Å². The molecular formula is C36H35NO13. The number of carbonyl (C=O) groups excluding carboxylic acids is 5. The molecule has 1 aliphatic heterocycles. The number of esters is 1. The molecule has 0 radical (unpaired) electrons. The molecule has 50 heavy (non-hydrogen) atoms. The molecule has 1 heterocycles. The fourth-order valence-corrected chi connectivity index (χ4v) is 7.79. The van der Waals surface area contributed by atoms with Crippen LogP contribution in [-0.4, -0.2) is 107 Å². The molecule has 2 aromatic rings. The van der Waals surface area contributed by atoms with Gasteiger partial charge < -0.3 is 44.7 Å². The highest BCUT2D eigenvalue weighted by Gasteiger charge is 2.63. The van der Waals surface area contributed by atoms with Gasteiger partial charge in [0.05, 0.1) is 48.0 Å². The number of rotatable bonds is 7. The number of hydrogen-bond acceptors (Lipinski definition) is 14. The third kappa shape index (κ3) is 4.63. The van der Waals surface area contributed by atoms with Crippen LogP contribution in [0, 0.1) is 12.8 Å². The smallest absolute Gasteiger partial charge is 0.341 e. The van der Waals surface area contributed by atoms with Crippen LogP contribution < -0.4 is 5.32 Å². The molecule has 14 heteroatoms. The fraction of sp³-hybridized carbons (Fsp3) is 0.361. The Labute approximate surface area is 285 Å². The maximum absolute atomic E-state index is 14.5. The highest BCUT2D eigenvalue weighted by molar-refractivity contribution is 6.30. The van der Waals surface area contributed by atoms with Crippen LogP contribution in [0.5, 0.6) is 11.5 Å². The molecule has 5 N–H and O–H groups in total. The number of carbonyl (C=O) groups is 5. The van der Waals surface area contributed by atoms with Gasteiger partial charge in [0.25, 0.3) is 0 Å². The fourth-order valence-electron chi connectivity index (χ4n) is 7.79. The molecule has 2 aromatic carbocycles. The summed E-state index contributed by atoms with van der Waals surface area (Å²) in [6, 6.07) is 2.49. The number of hydrogen-bond donors (Lipinski definition) is 5. The number of phenols is 2. The summed E-state index contributed by atoms with van der Waals surface area (Å²) in [5.41, 5.74) is -4.70. The van der Waals surface area contributed by atoms with Gasteiger partial charge in [-0.05, 0) is 24.1 Å². The van der Waals surface area contributed by atoms with Crippen LogP contribution >= 0.6 is 0 Å². The van der Waals surface area contributed by atoms with E-state index in [9.17, 15) is 44.4 Å². The van der Waals surface area contributed by atoms with Gasteiger partial charge in [0.2, 0.25) is 11.6 Å². The summed E-state index contributed by atoms with van der Waals surface area (Å²) in [6.45, 7) is 8.96. The maximum atomic E-state index is 14.5. The molecule has 3 unspecified atom stereocenters. The average Bonchev–Trinajstić information content (AvgIpc) is 3.08. The predicted molar refractivity (Wildman–Crippen MR) is 172 cm³/mol. The van der Waals surface area contributed by atoms with E-state index < -0.39 is 111 Å². The number of allylic oxidation sites excluding steroid dienone is 2. The first-order valence-corrected chi connectivity index (χ1v) is 15.6. The maximum Gasteiger partial charge on any atom is 0.341 e. The number of aliphatic hydroxyl groups is 2. The van der Waals surface area contributed by atoms with Crippen molar-refractivity contribution in [2.45, 2.75) is 55.5 Å². The van der Waals surface area contributed by atoms with E-state index in [0.717, 1.165) is 26.4 Å². The van der Waals surface area contributed by atoms with Crippen molar-refractivity contribution in [3.05, 3.63) is 93.7 Å². The molecule has 14 nitrogen and oxygen atoms in total. The molecule has 3 aliphatic carbocycles. The monoisotopic (exact) mass is 689 g/mol. The van der Waals surface area contributed by atoms with Gasteiger partial charge in [0.1, 0.15) is 35.5 Å². The molecule has 8 atom stereocenters. The van der Waals surface area contributed by atoms with Crippen LogP contribution in [-0.2, 0) is 25.4 Å². The van der Waals surface area contributed by atoms with Gasteiger partial charge in [-0.15, -0.1) is 13.2 Å². The van der Waals surface area contributed by atoms with Crippen molar-refractivity contribution in [3.63, 3.8) is 0 Å². The third-order valence-corrected chi connectivity index (χ3v) is 10.2. The third-order valence-electron chi connectivity index (χ3n) is 10.2. The summed E-state index contributed by atoms with van der Waals surface area (Å²) in [6.07, 6.45) is -2.16. The van der Waals surface area contributed by atoms with E-state index in [1.54, 1.807) is 0 Å². The SMILES string of the molecule is C=CC1[C@@H](NC2=CC(=O)c3c(cc4c(c3O)C(=O)[C@@]3(OC)C(C4=O)c4c(cc(C)c(C(=O)OC)c4O)C[C@H]3O)C2=O)OC(C=C)[C@H](OC)[C@H]1O. The van der Waals surface area contributed by atoms with Crippen LogP contribution in [0.15, 0.2) is 49.2 Å². The second kappa shape index (κ2) is 12.4. The van der Waals surface area contributed by atoms with Gasteiger partial charge in [0.15, 0.2) is 17.2 Å². The Morgan fingerprint density at radius 1 is 1.02 bits per heavy atom. The zero-order valence-corrected chi connectivity index (χ0v) is 27.5. The molecule has 0 saturated carbocycles. The molecule has 6 rings (SSSR count). The molecule has 1 fully saturated rings. The van der Waals surface area contributed by atoms with E-state index in [2.05, 4.69) is 18.5 Å². The number of aliphatic hydroxyl groups excluding tert-OH is 2. The standard InChI is InChI=1S/C36H35NO13/c1-7-15-29(42)32(47-4)20(8-2)50-34(15)37-18-12-19(38)24-16(27(18)40)11-17-25(31(24)44)33(45)36(49-6)21(39)10-14-9-13(3)22(35(46)48-5)30(43)23(14)26(36)28(17)41/h7-9,11-12,15,20-21,26,29,32,34,37,39,42-44H,1-2,10H2,3-6H3/t15?,20?,21-,26?,29+,32+,34+,36+/m1/s1. The molecule has 0 bridgehead atoms. The number of methoxy groups -OCH3 is 3. The van der Waals surface area contributed by atoms with E-state index in [4.69, 9.17) is 18.9 Å². The Kier molecular flexibility index (Phi) is 8.65. The van der Waals surface area contributed by atoms with Crippen LogP contribution in [0.4, 0.5) is 0 Å². The summed E-state index contributed by atoms with van der Waals surface area (Å²) in [5, 5.41) is 48.1. The number of phenolic OH excluding ortho intramolecular Hbond substituents is 2. The topological polar surface area (TPSA) is 215 Å². The Morgan fingerprint density at radius 2 is 1.72 bits per heavy atom. The second-order valence-corrected chi connectivity index (χ2v) is 12.6. The Bertz CT molecular complexity index is 1950. The minimum Gasteiger partial charge on any atom is -0.507 e. The molecule has 1 saturated heterocycles. The van der Waals surface area contributed by atoms with Gasteiger partial charge in [-0.1, -0.05) is 18.2 Å². The highest BCUT2D eigenvalue weighted by Crippen LogP contribution is 2.54. The van der Waals surface area contributed by atoms with E-state index >= 15 is 0 Å². The molecule has 262 valence electrons. The number of ether oxygens (including phenoxy) is 4. The Morgan fingerprint density at radius 3 is 2.32 bits per heavy atom. The lowest BCUT2D eigenvalue weighted by atomic mass is 9.59.